The monoisotopic (exact) mass is 224 g/mol. The summed E-state index contributed by atoms with van der Waals surface area (Å²) in [6.45, 7) is 0. The number of hydrogen-bond acceptors (Lipinski definition) is 2. The first-order chi connectivity index (χ1) is 0. The quantitative estimate of drug-likeness (QED) is 0.466. The van der Waals surface area contributed by atoms with E-state index in [9.17, 15) is 0 Å². The fourth-order valence-electron chi connectivity index (χ4n) is 0. The van der Waals surface area contributed by atoms with Crippen molar-refractivity contribution in [1.82, 2.24) is 12.3 Å². The zero-order valence-corrected chi connectivity index (χ0v) is 1.41. The fourth-order valence-corrected chi connectivity index (χ4v) is 0. The summed E-state index contributed by atoms with van der Waals surface area (Å²) in [5, 5.41) is 0. The van der Waals surface area contributed by atoms with Gasteiger partial charge >= 0.3 is 45.6 Å². The van der Waals surface area contributed by atoms with E-state index in [0.717, 1.165) is 0 Å². The van der Waals surface area contributed by atoms with Crippen LogP contribution in [0.2, 0.25) is 0 Å². The molecule has 0 aliphatic rings. The van der Waals surface area contributed by atoms with Crippen molar-refractivity contribution in [2.24, 2.45) is 0 Å². The molecule has 0 rings (SSSR count). The Bertz CT molecular complexity index is 6.00. The SMILES string of the molecule is N.N.[GaH3].[InH3]. The van der Waals surface area contributed by atoms with E-state index in [-0.39, 0.29) is 57.9 Å². The van der Waals surface area contributed by atoms with Gasteiger partial charge in [0, 0.05) is 0 Å². The van der Waals surface area contributed by atoms with Crippen molar-refractivity contribution in [2.45, 2.75) is 0 Å². The van der Waals surface area contributed by atoms with Gasteiger partial charge in [0.2, 0.25) is 0 Å². The van der Waals surface area contributed by atoms with Gasteiger partial charge in [0.1, 0.15) is 0 Å². The molecule has 0 atom stereocenters. The molecule has 0 aromatic heterocycles. The van der Waals surface area contributed by atoms with Crippen LogP contribution in [0, 0.1) is 0 Å². The molecule has 0 amide bonds. The molecule has 0 aromatic carbocycles. The first-order valence-electron chi connectivity index (χ1n) is 0. The van der Waals surface area contributed by atoms with Crippen LogP contribution in [-0.4, -0.2) is 45.6 Å². The molecule has 0 aromatic rings. The van der Waals surface area contributed by atoms with Gasteiger partial charge in [-0.3, -0.25) is 0 Å². The van der Waals surface area contributed by atoms with Gasteiger partial charge in [0.25, 0.3) is 0 Å². The van der Waals surface area contributed by atoms with Crippen LogP contribution < -0.4 is 12.3 Å². The predicted molar refractivity (Wildman–Crippen MR) is 29.9 cm³/mol. The van der Waals surface area contributed by atoms with E-state index in [4.69, 9.17) is 0 Å². The Morgan fingerprint density at radius 1 is 0.750 bits per heavy atom. The number of hydrogen-bond donors (Lipinski definition) is 2. The zero-order chi connectivity index (χ0) is 0. The van der Waals surface area contributed by atoms with Crippen molar-refractivity contribution in [3.63, 3.8) is 0 Å². The van der Waals surface area contributed by atoms with E-state index < -0.39 is 0 Å². The summed E-state index contributed by atoms with van der Waals surface area (Å²) in [6, 6.07) is 0. The summed E-state index contributed by atoms with van der Waals surface area (Å²) in [5.41, 5.74) is 0. The Morgan fingerprint density at radius 3 is 0.750 bits per heavy atom. The van der Waals surface area contributed by atoms with Gasteiger partial charge in [-0.2, -0.15) is 0 Å². The maximum atomic E-state index is 0. The second-order valence-electron chi connectivity index (χ2n) is 0. The van der Waals surface area contributed by atoms with E-state index in [1.807, 2.05) is 0 Å². The molecule has 6 N–H and O–H groups in total. The third-order valence-electron chi connectivity index (χ3n) is 0. The van der Waals surface area contributed by atoms with Crippen molar-refractivity contribution in [1.29, 1.82) is 0 Å². The molecule has 0 aliphatic heterocycles. The van der Waals surface area contributed by atoms with Gasteiger partial charge in [0.15, 0.2) is 0 Å². The molecule has 4 heteroatoms. The molecule has 0 fully saturated rings. The van der Waals surface area contributed by atoms with Crippen molar-refractivity contribution in [2.75, 3.05) is 0 Å². The Kier molecular flexibility index (Phi) is 334. The van der Waals surface area contributed by atoms with Gasteiger partial charge in [-0.25, -0.2) is 0 Å². The van der Waals surface area contributed by atoms with E-state index in [2.05, 4.69) is 0 Å². The van der Waals surface area contributed by atoms with E-state index in [1.165, 1.54) is 0 Å². The average molecular weight is 225 g/mol. The first kappa shape index (κ1) is 52.3. The Balaban J connectivity index is 0. The van der Waals surface area contributed by atoms with Gasteiger partial charge in [-0.1, -0.05) is 0 Å². The molecular weight excluding hydrogens is 213 g/mol. The van der Waals surface area contributed by atoms with E-state index in [0.29, 0.717) is 0 Å². The summed E-state index contributed by atoms with van der Waals surface area (Å²) in [7, 11) is 0. The van der Waals surface area contributed by atoms with Gasteiger partial charge in [0.05, 0.1) is 0 Å². The molecule has 0 heterocycles. The van der Waals surface area contributed by atoms with Crippen LogP contribution in [0.15, 0.2) is 0 Å². The summed E-state index contributed by atoms with van der Waals surface area (Å²) in [5.74, 6) is 0. The predicted octanol–water partition coefficient (Wildman–Crippen LogP) is -2.04. The fraction of sp³-hybridized carbons (Fsp3) is 0. The molecule has 0 saturated carbocycles. The first-order valence-corrected chi connectivity index (χ1v) is 0. The van der Waals surface area contributed by atoms with Crippen molar-refractivity contribution >= 4 is 45.6 Å². The molecule has 2 nitrogen and oxygen atoms in total. The van der Waals surface area contributed by atoms with Crippen LogP contribution in [0.5, 0.6) is 0 Å². The number of rotatable bonds is 0. The van der Waals surface area contributed by atoms with Crippen LogP contribution in [0.25, 0.3) is 0 Å². The topological polar surface area (TPSA) is 70.0 Å². The Labute approximate surface area is 57.7 Å². The standard InChI is InChI=1S/Ga.In.2H3N.6H/h;;2*1H3;;;;;;. The Morgan fingerprint density at radius 2 is 0.750 bits per heavy atom. The van der Waals surface area contributed by atoms with E-state index >= 15 is 0 Å². The summed E-state index contributed by atoms with van der Waals surface area (Å²) in [4.78, 5) is 0. The molecule has 4 heavy (non-hydrogen) atoms. The summed E-state index contributed by atoms with van der Waals surface area (Å²) >= 11 is 0. The second-order valence-corrected chi connectivity index (χ2v) is 0. The van der Waals surface area contributed by atoms with Crippen LogP contribution in [0.3, 0.4) is 0 Å². The molecular formula is H12GaInN2. The van der Waals surface area contributed by atoms with Gasteiger partial charge in [-0.15, -0.1) is 0 Å². The third kappa shape index (κ3) is 9.91. The molecule has 0 bridgehead atoms. The maximum absolute atomic E-state index is 0. The van der Waals surface area contributed by atoms with Crippen LogP contribution in [0.1, 0.15) is 0 Å². The molecule has 0 unspecified atom stereocenters. The molecule has 28 valence electrons. The normalized spacial score (nSPS) is 0. The second kappa shape index (κ2) is 25.5. The van der Waals surface area contributed by atoms with Crippen molar-refractivity contribution in [3.05, 3.63) is 0 Å². The molecule has 0 aliphatic carbocycles. The molecule has 0 radical (unpaired) electrons. The van der Waals surface area contributed by atoms with E-state index in [1.54, 1.807) is 0 Å². The third-order valence-corrected chi connectivity index (χ3v) is 0. The van der Waals surface area contributed by atoms with Crippen LogP contribution in [0.4, 0.5) is 0 Å². The van der Waals surface area contributed by atoms with Crippen molar-refractivity contribution in [3.8, 4) is 0 Å². The average Bonchev–Trinajstić information content (AvgIpc) is 0. The molecule has 0 spiro atoms. The van der Waals surface area contributed by atoms with Crippen LogP contribution in [-0.2, 0) is 0 Å². The summed E-state index contributed by atoms with van der Waals surface area (Å²) in [6.07, 6.45) is 0. The van der Waals surface area contributed by atoms with Crippen LogP contribution >= 0.6 is 0 Å². The molecule has 0 saturated heterocycles. The van der Waals surface area contributed by atoms with Crippen molar-refractivity contribution < 1.29 is 0 Å². The Hall–Kier alpha value is 1.43. The van der Waals surface area contributed by atoms with Gasteiger partial charge in [-0.05, 0) is 0 Å². The van der Waals surface area contributed by atoms with Gasteiger partial charge < -0.3 is 12.3 Å². The minimum absolute atomic E-state index is 0. The zero-order valence-electron chi connectivity index (χ0n) is 1.41. The minimum atomic E-state index is 0. The summed E-state index contributed by atoms with van der Waals surface area (Å²) < 4.78 is 0.